The van der Waals surface area contributed by atoms with E-state index in [1.807, 2.05) is 45.0 Å². The average Bonchev–Trinajstić information content (AvgIpc) is 2.82. The lowest BCUT2D eigenvalue weighted by atomic mass is 10.1. The number of nitrogens with one attached hydrogen (secondary N) is 1. The molecule has 1 N–H and O–H groups in total. The van der Waals surface area contributed by atoms with Gasteiger partial charge in [-0.3, -0.25) is 9.59 Å². The molecule has 0 unspecified atom stereocenters. The number of rotatable bonds is 12. The first kappa shape index (κ1) is 27.3. The minimum Gasteiger partial charge on any atom is -0.354 e. The quantitative estimate of drug-likeness (QED) is 0.497. The smallest absolute Gasteiger partial charge is 0.304 e. The molecule has 2 amide bonds. The van der Waals surface area contributed by atoms with Gasteiger partial charge >= 0.3 is 10.2 Å². The summed E-state index contributed by atoms with van der Waals surface area (Å²) in [6.07, 6.45) is 1.18. The topological polar surface area (TPSA) is 90.0 Å². The number of hydrogen-bond donors (Lipinski definition) is 1. The molecule has 0 aliphatic rings. The molecule has 0 radical (unpaired) electrons. The monoisotopic (exact) mass is 488 g/mol. The zero-order valence-electron chi connectivity index (χ0n) is 20.7. The Morgan fingerprint density at radius 1 is 0.971 bits per heavy atom. The maximum Gasteiger partial charge on any atom is 0.304 e. The number of carbonyl (C=O) groups is 2. The van der Waals surface area contributed by atoms with Crippen molar-refractivity contribution in [3.05, 3.63) is 65.7 Å². The summed E-state index contributed by atoms with van der Waals surface area (Å²) in [6, 6.07) is 15.5. The highest BCUT2D eigenvalue weighted by Gasteiger charge is 2.33. The Labute approximate surface area is 203 Å². The van der Waals surface area contributed by atoms with E-state index in [-0.39, 0.29) is 12.5 Å². The van der Waals surface area contributed by atoms with Crippen molar-refractivity contribution < 1.29 is 18.0 Å². The number of hydrogen-bond acceptors (Lipinski definition) is 4. The third kappa shape index (κ3) is 7.04. The van der Waals surface area contributed by atoms with E-state index in [0.717, 1.165) is 26.2 Å². The van der Waals surface area contributed by atoms with Crippen LogP contribution in [0.1, 0.15) is 37.8 Å². The van der Waals surface area contributed by atoms with Gasteiger partial charge in [-0.2, -0.15) is 12.7 Å². The largest absolute Gasteiger partial charge is 0.354 e. The van der Waals surface area contributed by atoms with E-state index >= 15 is 0 Å². The fourth-order valence-electron chi connectivity index (χ4n) is 3.49. The van der Waals surface area contributed by atoms with E-state index in [1.54, 1.807) is 30.3 Å². The number of aryl methyl sites for hydroxylation is 1. The van der Waals surface area contributed by atoms with E-state index in [9.17, 15) is 18.0 Å². The normalized spacial score (nSPS) is 12.3. The standard InChI is InChI=1S/C25H36N4O4S/c1-6-17-26-25(31)23(7-2)28(18-21-15-13-20(3)14-16-21)24(30)19-29(34(32,33)27(4)5)22-11-9-8-10-12-22/h8-16,23H,6-7,17-19H2,1-5H3,(H,26,31)/t23-/m0/s1. The summed E-state index contributed by atoms with van der Waals surface area (Å²) in [5.74, 6) is -0.695. The first-order chi connectivity index (χ1) is 16.1. The van der Waals surface area contributed by atoms with Crippen molar-refractivity contribution in [1.29, 1.82) is 0 Å². The van der Waals surface area contributed by atoms with Crippen LogP contribution in [0.15, 0.2) is 54.6 Å². The number of para-hydroxylation sites is 1. The molecular formula is C25H36N4O4S. The van der Waals surface area contributed by atoms with Gasteiger partial charge in [0.2, 0.25) is 11.8 Å². The lowest BCUT2D eigenvalue weighted by molar-refractivity contribution is -0.140. The Balaban J connectivity index is 2.44. The van der Waals surface area contributed by atoms with E-state index < -0.39 is 28.7 Å². The van der Waals surface area contributed by atoms with Gasteiger partial charge in [0.1, 0.15) is 12.6 Å². The van der Waals surface area contributed by atoms with E-state index in [2.05, 4.69) is 5.32 Å². The van der Waals surface area contributed by atoms with Crippen LogP contribution < -0.4 is 9.62 Å². The van der Waals surface area contributed by atoms with Gasteiger partial charge < -0.3 is 10.2 Å². The van der Waals surface area contributed by atoms with Gasteiger partial charge in [0.05, 0.1) is 5.69 Å². The summed E-state index contributed by atoms with van der Waals surface area (Å²) in [4.78, 5) is 28.1. The Morgan fingerprint density at radius 3 is 2.12 bits per heavy atom. The van der Waals surface area contributed by atoms with Crippen LogP contribution in [0, 0.1) is 6.92 Å². The molecule has 0 bridgehead atoms. The Kier molecular flexibility index (Phi) is 10.1. The molecule has 186 valence electrons. The molecule has 0 saturated carbocycles. The van der Waals surface area contributed by atoms with Crippen LogP contribution in [0.25, 0.3) is 0 Å². The fraction of sp³-hybridized carbons (Fsp3) is 0.440. The number of anilines is 1. The van der Waals surface area contributed by atoms with Crippen LogP contribution in [0.5, 0.6) is 0 Å². The van der Waals surface area contributed by atoms with Crippen molar-refractivity contribution in [2.45, 2.75) is 46.2 Å². The highest BCUT2D eigenvalue weighted by Crippen LogP contribution is 2.21. The van der Waals surface area contributed by atoms with Gasteiger partial charge in [0.15, 0.2) is 0 Å². The van der Waals surface area contributed by atoms with E-state index in [4.69, 9.17) is 0 Å². The molecule has 0 spiro atoms. The lowest BCUT2D eigenvalue weighted by Gasteiger charge is -2.34. The predicted octanol–water partition coefficient (Wildman–Crippen LogP) is 2.94. The molecule has 0 aliphatic heterocycles. The van der Waals surface area contributed by atoms with Gasteiger partial charge in [-0.05, 0) is 37.5 Å². The first-order valence-electron chi connectivity index (χ1n) is 11.5. The van der Waals surface area contributed by atoms with Crippen molar-refractivity contribution in [3.8, 4) is 0 Å². The molecular weight excluding hydrogens is 452 g/mol. The summed E-state index contributed by atoms with van der Waals surface area (Å²) in [7, 11) is -1.10. The van der Waals surface area contributed by atoms with E-state index in [0.29, 0.717) is 18.7 Å². The van der Waals surface area contributed by atoms with Crippen molar-refractivity contribution in [1.82, 2.24) is 14.5 Å². The predicted molar refractivity (Wildman–Crippen MR) is 136 cm³/mol. The Hall–Kier alpha value is -2.91. The second kappa shape index (κ2) is 12.5. The fourth-order valence-corrected chi connectivity index (χ4v) is 4.54. The summed E-state index contributed by atoms with van der Waals surface area (Å²) < 4.78 is 28.4. The second-order valence-electron chi connectivity index (χ2n) is 8.35. The third-order valence-electron chi connectivity index (χ3n) is 5.47. The highest BCUT2D eigenvalue weighted by molar-refractivity contribution is 7.90. The molecule has 34 heavy (non-hydrogen) atoms. The molecule has 0 aliphatic carbocycles. The van der Waals surface area contributed by atoms with Gasteiger partial charge in [0.25, 0.3) is 0 Å². The maximum atomic E-state index is 13.7. The molecule has 0 fully saturated rings. The number of amides is 2. The van der Waals surface area contributed by atoms with Gasteiger partial charge in [-0.25, -0.2) is 4.31 Å². The van der Waals surface area contributed by atoms with Gasteiger partial charge in [-0.15, -0.1) is 0 Å². The molecule has 1 atom stereocenters. The summed E-state index contributed by atoms with van der Waals surface area (Å²) in [5, 5.41) is 2.87. The van der Waals surface area contributed by atoms with Crippen molar-refractivity contribution >= 4 is 27.7 Å². The Bertz CT molecular complexity index is 1040. The molecule has 8 nitrogen and oxygen atoms in total. The minimum atomic E-state index is -3.95. The van der Waals surface area contributed by atoms with Crippen LogP contribution in [0.4, 0.5) is 5.69 Å². The summed E-state index contributed by atoms with van der Waals surface area (Å²) >= 11 is 0. The highest BCUT2D eigenvalue weighted by atomic mass is 32.2. The van der Waals surface area contributed by atoms with Crippen molar-refractivity contribution in [3.63, 3.8) is 0 Å². The number of carbonyl (C=O) groups excluding carboxylic acids is 2. The molecule has 0 aromatic heterocycles. The summed E-state index contributed by atoms with van der Waals surface area (Å²) in [5.41, 5.74) is 2.33. The average molecular weight is 489 g/mol. The zero-order chi connectivity index (χ0) is 25.3. The Morgan fingerprint density at radius 2 is 1.59 bits per heavy atom. The van der Waals surface area contributed by atoms with Crippen molar-refractivity contribution in [2.24, 2.45) is 0 Å². The number of benzene rings is 2. The van der Waals surface area contributed by atoms with Gasteiger partial charge in [-0.1, -0.05) is 61.9 Å². The molecule has 2 aromatic rings. The van der Waals surface area contributed by atoms with Crippen LogP contribution in [0.2, 0.25) is 0 Å². The molecule has 0 saturated heterocycles. The SMILES string of the molecule is CCCNC(=O)[C@H](CC)N(Cc1ccc(C)cc1)C(=O)CN(c1ccccc1)S(=O)(=O)N(C)C. The van der Waals surface area contributed by atoms with Gasteiger partial charge in [0, 0.05) is 27.2 Å². The van der Waals surface area contributed by atoms with E-state index in [1.165, 1.54) is 19.0 Å². The van der Waals surface area contributed by atoms with Crippen molar-refractivity contribution in [2.75, 3.05) is 31.5 Å². The van der Waals surface area contributed by atoms with Crippen LogP contribution in [-0.2, 0) is 26.3 Å². The minimum absolute atomic E-state index is 0.196. The third-order valence-corrected chi connectivity index (χ3v) is 7.29. The zero-order valence-corrected chi connectivity index (χ0v) is 21.5. The molecule has 2 aromatic carbocycles. The number of nitrogens with zero attached hydrogens (tertiary/aromatic N) is 3. The summed E-state index contributed by atoms with van der Waals surface area (Å²) in [6.45, 7) is 6.06. The second-order valence-corrected chi connectivity index (χ2v) is 10.4. The molecule has 2 rings (SSSR count). The molecule has 0 heterocycles. The van der Waals surface area contributed by atoms with Crippen LogP contribution in [-0.4, -0.2) is 62.7 Å². The lowest BCUT2D eigenvalue weighted by Crippen LogP contribution is -2.53. The first-order valence-corrected chi connectivity index (χ1v) is 12.9. The molecule has 9 heteroatoms. The van der Waals surface area contributed by atoms with Crippen LogP contribution in [0.3, 0.4) is 0 Å². The van der Waals surface area contributed by atoms with Crippen LogP contribution >= 0.6 is 0 Å². The maximum absolute atomic E-state index is 13.7.